The molecule has 4 heteroatoms. The second-order valence-corrected chi connectivity index (χ2v) is 4.28. The average molecular weight is 244 g/mol. The summed E-state index contributed by atoms with van der Waals surface area (Å²) in [6, 6.07) is 5.47. The Morgan fingerprint density at radius 1 is 1.44 bits per heavy atom. The number of nitrogens with one attached hydrogen (secondary N) is 1. The van der Waals surface area contributed by atoms with Crippen LogP contribution >= 0.6 is 11.6 Å². The third-order valence-corrected chi connectivity index (χ3v) is 2.62. The Bertz CT molecular complexity index is 342. The molecule has 0 aliphatic rings. The summed E-state index contributed by atoms with van der Waals surface area (Å²) in [5, 5.41) is 13.1. The maximum atomic E-state index is 9.39. The molecule has 1 rings (SSSR count). The molecule has 0 aliphatic carbocycles. The van der Waals surface area contributed by atoms with Crippen molar-refractivity contribution in [2.45, 2.75) is 32.6 Å². The highest BCUT2D eigenvalue weighted by Crippen LogP contribution is 2.24. The van der Waals surface area contributed by atoms with Gasteiger partial charge in [-0.05, 0) is 39.1 Å². The SMILES string of the molecule is CNCc1cc(Cl)ccc1OC(C)C(C)O. The van der Waals surface area contributed by atoms with Crippen molar-refractivity contribution in [3.63, 3.8) is 0 Å². The maximum absolute atomic E-state index is 9.39. The normalized spacial score (nSPS) is 14.6. The predicted octanol–water partition coefficient (Wildman–Crippen LogP) is 2.21. The van der Waals surface area contributed by atoms with E-state index in [9.17, 15) is 5.11 Å². The van der Waals surface area contributed by atoms with Gasteiger partial charge in [0, 0.05) is 17.1 Å². The summed E-state index contributed by atoms with van der Waals surface area (Å²) in [4.78, 5) is 0. The van der Waals surface area contributed by atoms with Crippen LogP contribution in [0.1, 0.15) is 19.4 Å². The van der Waals surface area contributed by atoms with Gasteiger partial charge in [0.2, 0.25) is 0 Å². The van der Waals surface area contributed by atoms with Gasteiger partial charge in [-0.3, -0.25) is 0 Å². The molecular weight excluding hydrogens is 226 g/mol. The minimum atomic E-state index is -0.502. The molecule has 2 unspecified atom stereocenters. The Morgan fingerprint density at radius 3 is 2.69 bits per heavy atom. The molecule has 0 saturated heterocycles. The Labute approximate surface area is 101 Å². The van der Waals surface area contributed by atoms with Crippen molar-refractivity contribution in [1.82, 2.24) is 5.32 Å². The second kappa shape index (κ2) is 6.09. The van der Waals surface area contributed by atoms with Crippen LogP contribution in [0.3, 0.4) is 0 Å². The zero-order valence-corrected chi connectivity index (χ0v) is 10.6. The van der Waals surface area contributed by atoms with Gasteiger partial charge in [0.15, 0.2) is 0 Å². The minimum absolute atomic E-state index is 0.239. The van der Waals surface area contributed by atoms with Gasteiger partial charge in [-0.25, -0.2) is 0 Å². The molecule has 90 valence electrons. The van der Waals surface area contributed by atoms with Crippen LogP contribution in [0.5, 0.6) is 5.75 Å². The molecule has 16 heavy (non-hydrogen) atoms. The summed E-state index contributed by atoms with van der Waals surface area (Å²) in [7, 11) is 1.86. The first-order valence-corrected chi connectivity index (χ1v) is 5.70. The van der Waals surface area contributed by atoms with E-state index in [-0.39, 0.29) is 6.10 Å². The highest BCUT2D eigenvalue weighted by atomic mass is 35.5. The molecule has 3 nitrogen and oxygen atoms in total. The van der Waals surface area contributed by atoms with E-state index in [2.05, 4.69) is 5.32 Å². The van der Waals surface area contributed by atoms with E-state index in [1.54, 1.807) is 13.0 Å². The van der Waals surface area contributed by atoms with Crippen LogP contribution in [-0.2, 0) is 6.54 Å². The topological polar surface area (TPSA) is 41.5 Å². The van der Waals surface area contributed by atoms with Crippen molar-refractivity contribution in [3.8, 4) is 5.75 Å². The fraction of sp³-hybridized carbons (Fsp3) is 0.500. The second-order valence-electron chi connectivity index (χ2n) is 3.85. The van der Waals surface area contributed by atoms with E-state index in [0.29, 0.717) is 11.6 Å². The Hall–Kier alpha value is -0.770. The summed E-state index contributed by atoms with van der Waals surface area (Å²) in [6.45, 7) is 4.23. The average Bonchev–Trinajstić information content (AvgIpc) is 2.22. The van der Waals surface area contributed by atoms with E-state index in [0.717, 1.165) is 11.3 Å². The molecule has 0 aliphatic heterocycles. The van der Waals surface area contributed by atoms with Crippen molar-refractivity contribution < 1.29 is 9.84 Å². The van der Waals surface area contributed by atoms with E-state index >= 15 is 0 Å². The minimum Gasteiger partial charge on any atom is -0.488 e. The Morgan fingerprint density at radius 2 is 2.12 bits per heavy atom. The summed E-state index contributed by atoms with van der Waals surface area (Å²) in [5.41, 5.74) is 0.988. The third-order valence-electron chi connectivity index (χ3n) is 2.38. The molecule has 0 radical (unpaired) electrons. The lowest BCUT2D eigenvalue weighted by Crippen LogP contribution is -2.26. The fourth-order valence-corrected chi connectivity index (χ4v) is 1.49. The number of rotatable bonds is 5. The van der Waals surface area contributed by atoms with E-state index < -0.39 is 6.10 Å². The van der Waals surface area contributed by atoms with Crippen molar-refractivity contribution >= 4 is 11.6 Å². The van der Waals surface area contributed by atoms with Gasteiger partial charge in [-0.2, -0.15) is 0 Å². The van der Waals surface area contributed by atoms with Crippen molar-refractivity contribution in [2.24, 2.45) is 0 Å². The Balaban J connectivity index is 2.85. The van der Waals surface area contributed by atoms with E-state index in [1.807, 2.05) is 26.1 Å². The van der Waals surface area contributed by atoms with Crippen LogP contribution in [0.4, 0.5) is 0 Å². The number of aliphatic hydroxyl groups is 1. The molecule has 0 aromatic heterocycles. The maximum Gasteiger partial charge on any atom is 0.124 e. The number of ether oxygens (including phenoxy) is 1. The van der Waals surface area contributed by atoms with Crippen LogP contribution < -0.4 is 10.1 Å². The molecule has 0 heterocycles. The largest absolute Gasteiger partial charge is 0.488 e. The molecular formula is C12H18ClNO2. The molecule has 1 aromatic rings. The molecule has 0 saturated carbocycles. The predicted molar refractivity (Wildman–Crippen MR) is 66.0 cm³/mol. The van der Waals surface area contributed by atoms with Crippen LogP contribution in [0.15, 0.2) is 18.2 Å². The summed E-state index contributed by atoms with van der Waals surface area (Å²) < 4.78 is 5.67. The molecule has 0 amide bonds. The molecule has 1 aromatic carbocycles. The molecule has 2 atom stereocenters. The van der Waals surface area contributed by atoms with Crippen molar-refractivity contribution in [3.05, 3.63) is 28.8 Å². The Kier molecular flexibility index (Phi) is 5.06. The molecule has 2 N–H and O–H groups in total. The summed E-state index contributed by atoms with van der Waals surface area (Å²) in [6.07, 6.45) is -0.741. The van der Waals surface area contributed by atoms with Gasteiger partial charge in [-0.15, -0.1) is 0 Å². The third kappa shape index (κ3) is 3.67. The smallest absolute Gasteiger partial charge is 0.124 e. The highest BCUT2D eigenvalue weighted by Gasteiger charge is 2.12. The van der Waals surface area contributed by atoms with Crippen LogP contribution in [0.2, 0.25) is 5.02 Å². The first-order chi connectivity index (χ1) is 7.54. The summed E-state index contributed by atoms with van der Waals surface area (Å²) >= 11 is 5.92. The van der Waals surface area contributed by atoms with Gasteiger partial charge < -0.3 is 15.2 Å². The van der Waals surface area contributed by atoms with Crippen LogP contribution in [-0.4, -0.2) is 24.4 Å². The van der Waals surface area contributed by atoms with Gasteiger partial charge >= 0.3 is 0 Å². The molecule has 0 fully saturated rings. The van der Waals surface area contributed by atoms with Crippen molar-refractivity contribution in [1.29, 1.82) is 0 Å². The lowest BCUT2D eigenvalue weighted by Gasteiger charge is -2.19. The number of aliphatic hydroxyl groups excluding tert-OH is 1. The van der Waals surface area contributed by atoms with Gasteiger partial charge in [0.25, 0.3) is 0 Å². The van der Waals surface area contributed by atoms with E-state index in [4.69, 9.17) is 16.3 Å². The van der Waals surface area contributed by atoms with Gasteiger partial charge in [0.05, 0.1) is 6.10 Å². The van der Waals surface area contributed by atoms with Crippen LogP contribution in [0, 0.1) is 0 Å². The zero-order valence-electron chi connectivity index (χ0n) is 9.83. The zero-order chi connectivity index (χ0) is 12.1. The number of halogens is 1. The van der Waals surface area contributed by atoms with Gasteiger partial charge in [0.1, 0.15) is 11.9 Å². The van der Waals surface area contributed by atoms with E-state index in [1.165, 1.54) is 0 Å². The number of hydrogen-bond acceptors (Lipinski definition) is 3. The van der Waals surface area contributed by atoms with Crippen LogP contribution in [0.25, 0.3) is 0 Å². The lowest BCUT2D eigenvalue weighted by molar-refractivity contribution is 0.0598. The molecule has 0 bridgehead atoms. The first kappa shape index (κ1) is 13.3. The number of hydrogen-bond donors (Lipinski definition) is 2. The first-order valence-electron chi connectivity index (χ1n) is 5.32. The standard InChI is InChI=1S/C12H18ClNO2/c1-8(15)9(2)16-12-5-4-11(13)6-10(12)7-14-3/h4-6,8-9,14-15H,7H2,1-3H3. The number of benzene rings is 1. The van der Waals surface area contributed by atoms with Crippen molar-refractivity contribution in [2.75, 3.05) is 7.05 Å². The highest BCUT2D eigenvalue weighted by molar-refractivity contribution is 6.30. The quantitative estimate of drug-likeness (QED) is 0.833. The molecule has 0 spiro atoms. The monoisotopic (exact) mass is 243 g/mol. The van der Waals surface area contributed by atoms with Gasteiger partial charge in [-0.1, -0.05) is 11.6 Å². The lowest BCUT2D eigenvalue weighted by atomic mass is 10.2. The fourth-order valence-electron chi connectivity index (χ4n) is 1.29. The summed E-state index contributed by atoms with van der Waals surface area (Å²) in [5.74, 6) is 0.757.